The first kappa shape index (κ1) is 12.1. The molecule has 0 unspecified atom stereocenters. The molecule has 1 aromatic rings. The van der Waals surface area contributed by atoms with Crippen LogP contribution in [0.3, 0.4) is 0 Å². The van der Waals surface area contributed by atoms with Crippen LogP contribution in [0.25, 0.3) is 0 Å². The molecule has 17 heavy (non-hydrogen) atoms. The second kappa shape index (κ2) is 5.82. The summed E-state index contributed by atoms with van der Waals surface area (Å²) in [5.41, 5.74) is 4.43. The zero-order valence-corrected chi connectivity index (χ0v) is 10.2. The fourth-order valence-electron chi connectivity index (χ4n) is 2.09. The van der Waals surface area contributed by atoms with Crippen molar-refractivity contribution in [2.75, 3.05) is 0 Å². The van der Waals surface area contributed by atoms with E-state index in [9.17, 15) is 4.79 Å². The minimum absolute atomic E-state index is 0.153. The molecule has 0 spiro atoms. The van der Waals surface area contributed by atoms with Gasteiger partial charge in [0.2, 0.25) is 0 Å². The molecule has 0 radical (unpaired) electrons. The standard InChI is InChI=1S/C14H19NO2/c1-2-11-7-9-12(10-8-11)14(16)15-17-13-5-3-4-6-13/h7-10,13H,2-6H2,1H3,(H,15,16). The van der Waals surface area contributed by atoms with Crippen LogP contribution in [0.5, 0.6) is 0 Å². The summed E-state index contributed by atoms with van der Waals surface area (Å²) in [5, 5.41) is 0. The van der Waals surface area contributed by atoms with Crippen LogP contribution in [0, 0.1) is 0 Å². The second-order valence-corrected chi connectivity index (χ2v) is 4.51. The minimum atomic E-state index is -0.153. The van der Waals surface area contributed by atoms with Crippen molar-refractivity contribution in [2.24, 2.45) is 0 Å². The molecular formula is C14H19NO2. The van der Waals surface area contributed by atoms with E-state index >= 15 is 0 Å². The van der Waals surface area contributed by atoms with Crippen LogP contribution < -0.4 is 5.48 Å². The van der Waals surface area contributed by atoms with Crippen molar-refractivity contribution in [3.8, 4) is 0 Å². The first-order chi connectivity index (χ1) is 8.29. The molecule has 3 heteroatoms. The van der Waals surface area contributed by atoms with Gasteiger partial charge in [-0.1, -0.05) is 31.9 Å². The van der Waals surface area contributed by atoms with E-state index in [4.69, 9.17) is 4.84 Å². The van der Waals surface area contributed by atoms with Gasteiger partial charge < -0.3 is 0 Å². The first-order valence-corrected chi connectivity index (χ1v) is 6.34. The first-order valence-electron chi connectivity index (χ1n) is 6.34. The summed E-state index contributed by atoms with van der Waals surface area (Å²) in [5.74, 6) is -0.153. The van der Waals surface area contributed by atoms with E-state index < -0.39 is 0 Å². The van der Waals surface area contributed by atoms with E-state index in [-0.39, 0.29) is 12.0 Å². The number of aryl methyl sites for hydroxylation is 1. The van der Waals surface area contributed by atoms with Crippen LogP contribution in [0.15, 0.2) is 24.3 Å². The maximum Gasteiger partial charge on any atom is 0.274 e. The molecule has 0 aliphatic heterocycles. The van der Waals surface area contributed by atoms with Gasteiger partial charge in [0.05, 0.1) is 6.10 Å². The monoisotopic (exact) mass is 233 g/mol. The van der Waals surface area contributed by atoms with Gasteiger partial charge >= 0.3 is 0 Å². The van der Waals surface area contributed by atoms with Crippen molar-refractivity contribution in [1.82, 2.24) is 5.48 Å². The van der Waals surface area contributed by atoms with Crippen LogP contribution in [0.1, 0.15) is 48.5 Å². The van der Waals surface area contributed by atoms with Gasteiger partial charge in [-0.2, -0.15) is 0 Å². The highest BCUT2D eigenvalue weighted by Crippen LogP contribution is 2.20. The summed E-state index contributed by atoms with van der Waals surface area (Å²) in [7, 11) is 0. The summed E-state index contributed by atoms with van der Waals surface area (Å²) in [6.45, 7) is 2.10. The number of hydrogen-bond acceptors (Lipinski definition) is 2. The zero-order chi connectivity index (χ0) is 12.1. The third-order valence-electron chi connectivity index (χ3n) is 3.24. The Bertz CT molecular complexity index is 366. The van der Waals surface area contributed by atoms with Crippen LogP contribution in [-0.4, -0.2) is 12.0 Å². The van der Waals surface area contributed by atoms with Crippen molar-refractivity contribution in [3.05, 3.63) is 35.4 Å². The van der Waals surface area contributed by atoms with Crippen molar-refractivity contribution < 1.29 is 9.63 Å². The maximum atomic E-state index is 11.8. The van der Waals surface area contributed by atoms with Crippen LogP contribution in [0.4, 0.5) is 0 Å². The lowest BCUT2D eigenvalue weighted by Gasteiger charge is -2.11. The van der Waals surface area contributed by atoms with Crippen molar-refractivity contribution in [1.29, 1.82) is 0 Å². The van der Waals surface area contributed by atoms with E-state index in [0.717, 1.165) is 19.3 Å². The number of amides is 1. The lowest BCUT2D eigenvalue weighted by molar-refractivity contribution is -0.0124. The molecule has 1 aliphatic carbocycles. The molecule has 0 saturated heterocycles. The Kier molecular flexibility index (Phi) is 4.15. The fourth-order valence-corrected chi connectivity index (χ4v) is 2.09. The Hall–Kier alpha value is -1.35. The molecule has 3 nitrogen and oxygen atoms in total. The lowest BCUT2D eigenvalue weighted by Crippen LogP contribution is -2.28. The predicted molar refractivity (Wildman–Crippen MR) is 66.6 cm³/mol. The smallest absolute Gasteiger partial charge is 0.270 e. The van der Waals surface area contributed by atoms with Gasteiger partial charge in [0.25, 0.3) is 5.91 Å². The van der Waals surface area contributed by atoms with E-state index in [1.807, 2.05) is 24.3 Å². The maximum absolute atomic E-state index is 11.8. The van der Waals surface area contributed by atoms with Gasteiger partial charge in [-0.25, -0.2) is 5.48 Å². The van der Waals surface area contributed by atoms with Crippen molar-refractivity contribution in [2.45, 2.75) is 45.1 Å². The van der Waals surface area contributed by atoms with E-state index in [2.05, 4.69) is 12.4 Å². The molecule has 1 saturated carbocycles. The fraction of sp³-hybridized carbons (Fsp3) is 0.500. The predicted octanol–water partition coefficient (Wildman–Crippen LogP) is 2.85. The Morgan fingerprint density at radius 3 is 2.53 bits per heavy atom. The molecule has 1 amide bonds. The SMILES string of the molecule is CCc1ccc(C(=O)NOC2CCCC2)cc1. The second-order valence-electron chi connectivity index (χ2n) is 4.51. The molecule has 0 aromatic heterocycles. The molecule has 1 aromatic carbocycles. The molecule has 1 N–H and O–H groups in total. The number of nitrogens with one attached hydrogen (secondary N) is 1. The van der Waals surface area contributed by atoms with Crippen molar-refractivity contribution in [3.63, 3.8) is 0 Å². The number of benzene rings is 1. The molecule has 2 rings (SSSR count). The van der Waals surface area contributed by atoms with Gasteiger partial charge in [-0.3, -0.25) is 9.63 Å². The summed E-state index contributed by atoms with van der Waals surface area (Å²) in [6.07, 6.45) is 5.69. The Balaban J connectivity index is 1.85. The van der Waals surface area contributed by atoms with Crippen LogP contribution >= 0.6 is 0 Å². The Morgan fingerprint density at radius 2 is 1.94 bits per heavy atom. The number of carbonyl (C=O) groups excluding carboxylic acids is 1. The highest BCUT2D eigenvalue weighted by molar-refractivity contribution is 5.93. The molecule has 0 heterocycles. The van der Waals surface area contributed by atoms with Gasteiger partial charge in [0.1, 0.15) is 0 Å². The van der Waals surface area contributed by atoms with E-state index in [0.29, 0.717) is 5.56 Å². The zero-order valence-electron chi connectivity index (χ0n) is 10.2. The third-order valence-corrected chi connectivity index (χ3v) is 3.24. The van der Waals surface area contributed by atoms with Crippen LogP contribution in [-0.2, 0) is 11.3 Å². The third kappa shape index (κ3) is 3.30. The summed E-state index contributed by atoms with van der Waals surface area (Å²) in [6, 6.07) is 7.63. The highest BCUT2D eigenvalue weighted by atomic mass is 16.7. The number of carbonyl (C=O) groups is 1. The highest BCUT2D eigenvalue weighted by Gasteiger charge is 2.17. The quantitative estimate of drug-likeness (QED) is 0.812. The van der Waals surface area contributed by atoms with E-state index in [1.54, 1.807) is 0 Å². The number of rotatable bonds is 4. The van der Waals surface area contributed by atoms with Gasteiger partial charge in [-0.05, 0) is 37.0 Å². The summed E-state index contributed by atoms with van der Waals surface area (Å²) >= 11 is 0. The van der Waals surface area contributed by atoms with E-state index in [1.165, 1.54) is 18.4 Å². The minimum Gasteiger partial charge on any atom is -0.270 e. The topological polar surface area (TPSA) is 38.3 Å². The average molecular weight is 233 g/mol. The summed E-state index contributed by atoms with van der Waals surface area (Å²) < 4.78 is 0. The van der Waals surface area contributed by atoms with Gasteiger partial charge in [0, 0.05) is 5.56 Å². The Morgan fingerprint density at radius 1 is 1.29 bits per heavy atom. The molecule has 0 atom stereocenters. The molecule has 92 valence electrons. The van der Waals surface area contributed by atoms with Gasteiger partial charge in [0.15, 0.2) is 0 Å². The van der Waals surface area contributed by atoms with Crippen molar-refractivity contribution >= 4 is 5.91 Å². The Labute approximate surface area is 102 Å². The van der Waals surface area contributed by atoms with Gasteiger partial charge in [-0.15, -0.1) is 0 Å². The largest absolute Gasteiger partial charge is 0.274 e. The lowest BCUT2D eigenvalue weighted by atomic mass is 10.1. The number of hydroxylamine groups is 1. The molecule has 1 fully saturated rings. The number of hydrogen-bond donors (Lipinski definition) is 1. The molecule has 1 aliphatic rings. The normalized spacial score (nSPS) is 16.1. The summed E-state index contributed by atoms with van der Waals surface area (Å²) in [4.78, 5) is 17.1. The average Bonchev–Trinajstić information content (AvgIpc) is 2.89. The van der Waals surface area contributed by atoms with Crippen LogP contribution in [0.2, 0.25) is 0 Å². The molecule has 0 bridgehead atoms. The molecular weight excluding hydrogens is 214 g/mol.